The zero-order valence-corrected chi connectivity index (χ0v) is 15.3. The summed E-state index contributed by atoms with van der Waals surface area (Å²) < 4.78 is 64.9. The maximum Gasteiger partial charge on any atom is 0.453 e. The molecule has 1 nitrogen and oxygen atoms in total. The Hall–Kier alpha value is -1.17. The Kier molecular flexibility index (Phi) is 9.01. The van der Waals surface area contributed by atoms with Crippen molar-refractivity contribution in [3.8, 4) is 0 Å². The minimum atomic E-state index is -5.64. The lowest BCUT2D eigenvalue weighted by Crippen LogP contribution is -2.45. The molecule has 1 N–H and O–H groups in total. The van der Waals surface area contributed by atoms with Crippen molar-refractivity contribution in [1.29, 1.82) is 0 Å². The molecule has 0 bridgehead atoms. The molecule has 0 aromatic heterocycles. The second kappa shape index (κ2) is 10.2. The fourth-order valence-corrected chi connectivity index (χ4v) is 3.07. The van der Waals surface area contributed by atoms with Crippen LogP contribution in [0.4, 0.5) is 22.0 Å². The van der Waals surface area contributed by atoms with Crippen LogP contribution in [0.2, 0.25) is 0 Å². The van der Waals surface area contributed by atoms with E-state index in [4.69, 9.17) is 0 Å². The van der Waals surface area contributed by atoms with Crippen LogP contribution in [0, 0.1) is 0 Å². The lowest BCUT2D eigenvalue weighted by Gasteiger charge is -2.33. The van der Waals surface area contributed by atoms with E-state index in [-0.39, 0.29) is 19.3 Å². The first kappa shape index (κ1) is 22.9. The van der Waals surface area contributed by atoms with Crippen molar-refractivity contribution >= 4 is 0 Å². The lowest BCUT2D eigenvalue weighted by molar-refractivity contribution is -0.297. The van der Waals surface area contributed by atoms with Gasteiger partial charge in [0.25, 0.3) is 0 Å². The smallest absolute Gasteiger partial charge is 0.390 e. The highest BCUT2D eigenvalue weighted by Gasteiger charge is 2.60. The normalized spacial score (nSPS) is 15.0. The molecular formula is C20H29F5O. The molecule has 0 radical (unpaired) electrons. The fourth-order valence-electron chi connectivity index (χ4n) is 3.07. The standard InChI is InChI=1S/C20H29F5O/c1-2-3-4-5-6-10-14-18(26,16-19(21,22)20(23,24)25)15-13-17-11-8-7-9-12-17/h7-9,11-12,26H,2-6,10,13-16H2,1H3. The molecule has 1 aromatic rings. The molecule has 0 saturated heterocycles. The van der Waals surface area contributed by atoms with E-state index in [1.54, 1.807) is 30.3 Å². The van der Waals surface area contributed by atoms with Crippen molar-refractivity contribution in [2.45, 2.75) is 88.8 Å². The van der Waals surface area contributed by atoms with Gasteiger partial charge in [0.2, 0.25) is 0 Å². The first-order chi connectivity index (χ1) is 12.1. The van der Waals surface area contributed by atoms with E-state index in [1.807, 2.05) is 0 Å². The fraction of sp³-hybridized carbons (Fsp3) is 0.700. The highest BCUT2D eigenvalue weighted by molar-refractivity contribution is 5.15. The van der Waals surface area contributed by atoms with E-state index >= 15 is 0 Å². The Balaban J connectivity index is 2.69. The number of halogens is 5. The van der Waals surface area contributed by atoms with Crippen LogP contribution in [0.15, 0.2) is 30.3 Å². The SMILES string of the molecule is CCCCCCCCC(O)(CCc1ccccc1)CC(F)(F)C(F)(F)F. The maximum absolute atomic E-state index is 13.5. The van der Waals surface area contributed by atoms with E-state index in [9.17, 15) is 27.1 Å². The van der Waals surface area contributed by atoms with Gasteiger partial charge in [0.05, 0.1) is 5.60 Å². The van der Waals surface area contributed by atoms with Crippen LogP contribution in [-0.2, 0) is 6.42 Å². The number of aliphatic hydroxyl groups is 1. The number of aryl methyl sites for hydroxylation is 1. The third-order valence-corrected chi connectivity index (χ3v) is 4.68. The molecule has 0 fully saturated rings. The second-order valence-corrected chi connectivity index (χ2v) is 7.11. The summed E-state index contributed by atoms with van der Waals surface area (Å²) in [6, 6.07) is 8.88. The molecule has 0 saturated carbocycles. The molecule has 1 atom stereocenters. The van der Waals surface area contributed by atoms with Gasteiger partial charge < -0.3 is 5.11 Å². The summed E-state index contributed by atoms with van der Waals surface area (Å²) in [5, 5.41) is 10.6. The average Bonchev–Trinajstić information content (AvgIpc) is 2.56. The number of alkyl halides is 5. The van der Waals surface area contributed by atoms with Crippen LogP contribution in [-0.4, -0.2) is 22.8 Å². The Morgan fingerprint density at radius 2 is 1.38 bits per heavy atom. The summed E-state index contributed by atoms with van der Waals surface area (Å²) >= 11 is 0. The first-order valence-electron chi connectivity index (χ1n) is 9.30. The summed E-state index contributed by atoms with van der Waals surface area (Å²) in [5.74, 6) is -4.89. The Bertz CT molecular complexity index is 501. The van der Waals surface area contributed by atoms with Crippen LogP contribution in [0.3, 0.4) is 0 Å². The zero-order chi connectivity index (χ0) is 19.7. The van der Waals surface area contributed by atoms with Gasteiger partial charge in [0.1, 0.15) is 0 Å². The van der Waals surface area contributed by atoms with Gasteiger partial charge in [-0.15, -0.1) is 0 Å². The third-order valence-electron chi connectivity index (χ3n) is 4.68. The number of benzene rings is 1. The van der Waals surface area contributed by atoms with Gasteiger partial charge in [-0.3, -0.25) is 0 Å². The molecule has 0 amide bonds. The number of hydrogen-bond acceptors (Lipinski definition) is 1. The monoisotopic (exact) mass is 380 g/mol. The highest BCUT2D eigenvalue weighted by Crippen LogP contribution is 2.43. The van der Waals surface area contributed by atoms with Gasteiger partial charge >= 0.3 is 12.1 Å². The Morgan fingerprint density at radius 3 is 1.96 bits per heavy atom. The molecule has 1 unspecified atom stereocenters. The lowest BCUT2D eigenvalue weighted by atomic mass is 9.84. The molecule has 6 heteroatoms. The molecule has 0 spiro atoms. The van der Waals surface area contributed by atoms with Gasteiger partial charge in [0, 0.05) is 6.42 Å². The maximum atomic E-state index is 13.5. The van der Waals surface area contributed by atoms with Crippen molar-refractivity contribution in [1.82, 2.24) is 0 Å². The minimum absolute atomic E-state index is 0.0440. The van der Waals surface area contributed by atoms with Crippen LogP contribution in [0.5, 0.6) is 0 Å². The van der Waals surface area contributed by atoms with E-state index in [0.717, 1.165) is 37.7 Å². The number of unbranched alkanes of at least 4 members (excludes halogenated alkanes) is 5. The topological polar surface area (TPSA) is 20.2 Å². The Morgan fingerprint density at radius 1 is 0.808 bits per heavy atom. The van der Waals surface area contributed by atoms with Gasteiger partial charge in [0.15, 0.2) is 0 Å². The van der Waals surface area contributed by atoms with Crippen molar-refractivity contribution in [3.63, 3.8) is 0 Å². The molecule has 1 aromatic carbocycles. The van der Waals surface area contributed by atoms with Crippen LogP contribution in [0.1, 0.15) is 70.3 Å². The predicted octanol–water partition coefficient (Wildman–Crippen LogP) is 6.69. The molecule has 26 heavy (non-hydrogen) atoms. The van der Waals surface area contributed by atoms with Gasteiger partial charge in [-0.2, -0.15) is 22.0 Å². The largest absolute Gasteiger partial charge is 0.453 e. The van der Waals surface area contributed by atoms with Crippen LogP contribution >= 0.6 is 0 Å². The average molecular weight is 380 g/mol. The highest BCUT2D eigenvalue weighted by atomic mass is 19.4. The van der Waals surface area contributed by atoms with Gasteiger partial charge in [-0.25, -0.2) is 0 Å². The summed E-state index contributed by atoms with van der Waals surface area (Å²) in [6.07, 6.45) is -1.89. The number of hydrogen-bond donors (Lipinski definition) is 1. The molecule has 0 heterocycles. The molecular weight excluding hydrogens is 351 g/mol. The van der Waals surface area contributed by atoms with Crippen molar-refractivity contribution in [2.75, 3.05) is 0 Å². The predicted molar refractivity (Wildman–Crippen MR) is 93.3 cm³/mol. The van der Waals surface area contributed by atoms with Gasteiger partial charge in [-0.1, -0.05) is 75.8 Å². The quantitative estimate of drug-likeness (QED) is 0.316. The summed E-state index contributed by atoms with van der Waals surface area (Å²) in [4.78, 5) is 0. The Labute approximate surface area is 152 Å². The van der Waals surface area contributed by atoms with E-state index in [0.29, 0.717) is 6.42 Å². The van der Waals surface area contributed by atoms with Crippen molar-refractivity contribution in [3.05, 3.63) is 35.9 Å². The minimum Gasteiger partial charge on any atom is -0.390 e. The summed E-state index contributed by atoms with van der Waals surface area (Å²) in [7, 11) is 0. The first-order valence-corrected chi connectivity index (χ1v) is 9.30. The van der Waals surface area contributed by atoms with Crippen molar-refractivity contribution in [2.24, 2.45) is 0 Å². The molecule has 150 valence electrons. The molecule has 0 aliphatic heterocycles. The summed E-state index contributed by atoms with van der Waals surface area (Å²) in [5.41, 5.74) is -1.22. The van der Waals surface area contributed by atoms with Crippen LogP contribution in [0.25, 0.3) is 0 Å². The molecule has 0 aliphatic carbocycles. The van der Waals surface area contributed by atoms with E-state index < -0.39 is 24.1 Å². The third kappa shape index (κ3) is 8.02. The molecule has 0 aliphatic rings. The van der Waals surface area contributed by atoms with Crippen molar-refractivity contribution < 1.29 is 27.1 Å². The van der Waals surface area contributed by atoms with E-state index in [1.165, 1.54) is 0 Å². The van der Waals surface area contributed by atoms with Gasteiger partial charge in [-0.05, 0) is 24.8 Å². The van der Waals surface area contributed by atoms with E-state index in [2.05, 4.69) is 6.92 Å². The molecule has 1 rings (SSSR count). The summed E-state index contributed by atoms with van der Waals surface area (Å²) in [6.45, 7) is 2.07. The number of rotatable bonds is 12. The van der Waals surface area contributed by atoms with Crippen LogP contribution < -0.4 is 0 Å². The zero-order valence-electron chi connectivity index (χ0n) is 15.3. The second-order valence-electron chi connectivity index (χ2n) is 7.11.